The molecule has 0 radical (unpaired) electrons. The number of allylic oxidation sites excluding steroid dienone is 3. The van der Waals surface area contributed by atoms with Crippen molar-refractivity contribution in [2.45, 2.75) is 240 Å². The van der Waals surface area contributed by atoms with Gasteiger partial charge in [0.15, 0.2) is 0 Å². The van der Waals surface area contributed by atoms with E-state index in [0.717, 1.165) is 67.4 Å². The second-order valence-corrected chi connectivity index (χ2v) is 23.3. The quantitative estimate of drug-likeness (QED) is 0.0468. The summed E-state index contributed by atoms with van der Waals surface area (Å²) in [6.45, 7) is 24.9. The first-order valence-corrected chi connectivity index (χ1v) is 28.6. The Morgan fingerprint density at radius 3 is 2.19 bits per heavy atom. The molecule has 0 N–H and O–H groups in total. The van der Waals surface area contributed by atoms with Crippen molar-refractivity contribution in [3.05, 3.63) is 23.8 Å². The Morgan fingerprint density at radius 2 is 1.44 bits per heavy atom. The molecular formula is C59H107NO4. The molecule has 1 saturated heterocycles. The van der Waals surface area contributed by atoms with Gasteiger partial charge in [0.1, 0.15) is 0 Å². The average molecular weight is 895 g/mol. The van der Waals surface area contributed by atoms with E-state index in [9.17, 15) is 0 Å². The summed E-state index contributed by atoms with van der Waals surface area (Å²) in [6.07, 6.45) is 45.8. The number of hydrogen-bond acceptors (Lipinski definition) is 5. The SMILES string of the molecule is CCCCCCCCC=CCCCCCCCCOCC(CN1CCC(CCC)C1)OCCOCCO[C@H]1CC[C@@]2(C)C(=CC[C@H]3[C@@H]4CC[C@H]([C@H](C)CCCC(C)C)[C@@]4(C)CC[C@@H]32)C1. The van der Waals surface area contributed by atoms with Gasteiger partial charge in [0.2, 0.25) is 0 Å². The van der Waals surface area contributed by atoms with Gasteiger partial charge < -0.3 is 23.8 Å². The van der Waals surface area contributed by atoms with E-state index >= 15 is 0 Å². The molecule has 4 fully saturated rings. The summed E-state index contributed by atoms with van der Waals surface area (Å²) in [5, 5.41) is 0. The fourth-order valence-electron chi connectivity index (χ4n) is 14.3. The zero-order chi connectivity index (χ0) is 45.5. The Kier molecular flexibility index (Phi) is 25.4. The van der Waals surface area contributed by atoms with Crippen LogP contribution in [0.3, 0.4) is 0 Å². The molecule has 5 rings (SSSR count). The van der Waals surface area contributed by atoms with Crippen molar-refractivity contribution in [2.24, 2.45) is 52.3 Å². The number of fused-ring (bicyclic) bond motifs is 5. The summed E-state index contributed by atoms with van der Waals surface area (Å²) in [5.41, 5.74) is 2.68. The molecule has 64 heavy (non-hydrogen) atoms. The van der Waals surface area contributed by atoms with E-state index in [1.165, 1.54) is 180 Å². The molecular weight excluding hydrogens is 787 g/mol. The van der Waals surface area contributed by atoms with E-state index in [1.807, 2.05) is 0 Å². The average Bonchev–Trinajstić information content (AvgIpc) is 3.88. The summed E-state index contributed by atoms with van der Waals surface area (Å²) in [7, 11) is 0. The van der Waals surface area contributed by atoms with Gasteiger partial charge in [0.05, 0.1) is 45.2 Å². The highest BCUT2D eigenvalue weighted by Gasteiger charge is 2.59. The van der Waals surface area contributed by atoms with Gasteiger partial charge in [-0.05, 0) is 155 Å². The Balaban J connectivity index is 0.925. The van der Waals surface area contributed by atoms with E-state index in [4.69, 9.17) is 18.9 Å². The van der Waals surface area contributed by atoms with Crippen LogP contribution in [0.25, 0.3) is 0 Å². The second-order valence-electron chi connectivity index (χ2n) is 23.3. The molecule has 5 heteroatoms. The molecule has 0 aromatic heterocycles. The van der Waals surface area contributed by atoms with Crippen LogP contribution < -0.4 is 0 Å². The van der Waals surface area contributed by atoms with Crippen molar-refractivity contribution in [3.8, 4) is 0 Å². The van der Waals surface area contributed by atoms with Crippen LogP contribution in [0, 0.1) is 52.3 Å². The van der Waals surface area contributed by atoms with E-state index in [2.05, 4.69) is 71.6 Å². The molecule has 0 aromatic carbocycles. The highest BCUT2D eigenvalue weighted by molar-refractivity contribution is 5.25. The zero-order valence-electron chi connectivity index (χ0n) is 43.7. The monoisotopic (exact) mass is 894 g/mol. The van der Waals surface area contributed by atoms with Crippen molar-refractivity contribution in [1.82, 2.24) is 4.90 Å². The molecule has 372 valence electrons. The first-order chi connectivity index (χ1) is 31.2. The Morgan fingerprint density at radius 1 is 0.703 bits per heavy atom. The molecule has 3 saturated carbocycles. The second kappa shape index (κ2) is 30.0. The lowest BCUT2D eigenvalue weighted by atomic mass is 9.47. The van der Waals surface area contributed by atoms with Crippen molar-refractivity contribution in [1.29, 1.82) is 0 Å². The van der Waals surface area contributed by atoms with Gasteiger partial charge in [-0.1, -0.05) is 156 Å². The standard InChI is InChI=1S/C59H107NO4/c1-8-10-11-12-13-14-15-16-17-18-19-20-21-22-23-24-39-62-47-53(46-60-38-35-50(45-60)26-9-2)64-43-41-61-40-42-63-52-33-36-58(6)51(44-52)29-30-54-56-32-31-55(49(5)28-25-27-48(3)4)59(56,7)37-34-57(54)58/h16-17,29,48-50,52-57H,8-15,18-28,30-47H2,1-7H3/t49-,50?,52+,53?,54+,55-,56+,57+,58+,59-/m1/s1. The molecule has 2 unspecified atom stereocenters. The van der Waals surface area contributed by atoms with Crippen LogP contribution in [0.15, 0.2) is 23.8 Å². The smallest absolute Gasteiger partial charge is 0.0936 e. The first kappa shape index (κ1) is 54.2. The Bertz CT molecular complexity index is 1280. The molecule has 1 heterocycles. The van der Waals surface area contributed by atoms with Gasteiger partial charge in [-0.15, -0.1) is 0 Å². The van der Waals surface area contributed by atoms with Crippen LogP contribution in [0.2, 0.25) is 0 Å². The van der Waals surface area contributed by atoms with Crippen LogP contribution in [-0.4, -0.2) is 76.4 Å². The lowest BCUT2D eigenvalue weighted by Gasteiger charge is -2.58. The fraction of sp³-hybridized carbons (Fsp3) is 0.932. The third-order valence-corrected chi connectivity index (χ3v) is 18.1. The summed E-state index contributed by atoms with van der Waals surface area (Å²) in [4.78, 5) is 2.62. The molecule has 5 nitrogen and oxygen atoms in total. The summed E-state index contributed by atoms with van der Waals surface area (Å²) in [6, 6.07) is 0. The van der Waals surface area contributed by atoms with Crippen LogP contribution in [0.4, 0.5) is 0 Å². The Labute approximate surface area is 398 Å². The molecule has 4 aliphatic carbocycles. The summed E-state index contributed by atoms with van der Waals surface area (Å²) < 4.78 is 25.4. The minimum Gasteiger partial charge on any atom is -0.379 e. The van der Waals surface area contributed by atoms with E-state index in [1.54, 1.807) is 5.57 Å². The minimum atomic E-state index is 0.116. The summed E-state index contributed by atoms with van der Waals surface area (Å²) >= 11 is 0. The highest BCUT2D eigenvalue weighted by Crippen LogP contribution is 2.67. The van der Waals surface area contributed by atoms with Crippen LogP contribution >= 0.6 is 0 Å². The number of hydrogen-bond donors (Lipinski definition) is 0. The molecule has 1 aliphatic heterocycles. The van der Waals surface area contributed by atoms with Gasteiger partial charge in [-0.3, -0.25) is 0 Å². The minimum absolute atomic E-state index is 0.116. The maximum Gasteiger partial charge on any atom is 0.0936 e. The number of nitrogens with zero attached hydrogens (tertiary/aromatic N) is 1. The predicted octanol–water partition coefficient (Wildman–Crippen LogP) is 16.0. The predicted molar refractivity (Wildman–Crippen MR) is 273 cm³/mol. The van der Waals surface area contributed by atoms with Crippen LogP contribution in [0.5, 0.6) is 0 Å². The van der Waals surface area contributed by atoms with E-state index < -0.39 is 0 Å². The third-order valence-electron chi connectivity index (χ3n) is 18.1. The molecule has 0 spiro atoms. The molecule has 0 bridgehead atoms. The number of likely N-dealkylation sites (tertiary alicyclic amines) is 1. The van der Waals surface area contributed by atoms with Crippen LogP contribution in [0.1, 0.15) is 228 Å². The van der Waals surface area contributed by atoms with Gasteiger partial charge in [0, 0.05) is 19.7 Å². The zero-order valence-corrected chi connectivity index (χ0v) is 43.7. The van der Waals surface area contributed by atoms with Crippen molar-refractivity contribution >= 4 is 0 Å². The number of unbranched alkanes of at least 4 members (excludes halogenated alkanes) is 12. The van der Waals surface area contributed by atoms with Crippen molar-refractivity contribution in [3.63, 3.8) is 0 Å². The molecule has 10 atom stereocenters. The fourth-order valence-corrected chi connectivity index (χ4v) is 14.3. The molecule has 0 amide bonds. The van der Waals surface area contributed by atoms with Gasteiger partial charge in [0.25, 0.3) is 0 Å². The largest absolute Gasteiger partial charge is 0.379 e. The topological polar surface area (TPSA) is 40.2 Å². The number of ether oxygens (including phenoxy) is 4. The lowest BCUT2D eigenvalue weighted by molar-refractivity contribution is -0.0731. The van der Waals surface area contributed by atoms with Gasteiger partial charge in [-0.2, -0.15) is 0 Å². The maximum absolute atomic E-state index is 6.54. The number of rotatable bonds is 35. The van der Waals surface area contributed by atoms with Gasteiger partial charge >= 0.3 is 0 Å². The highest BCUT2D eigenvalue weighted by atomic mass is 16.6. The van der Waals surface area contributed by atoms with Crippen molar-refractivity contribution in [2.75, 3.05) is 59.3 Å². The summed E-state index contributed by atoms with van der Waals surface area (Å²) in [5.74, 6) is 6.22. The van der Waals surface area contributed by atoms with E-state index in [0.29, 0.717) is 50.0 Å². The molecule has 5 aliphatic rings. The van der Waals surface area contributed by atoms with E-state index in [-0.39, 0.29) is 6.10 Å². The maximum atomic E-state index is 6.54. The molecule has 0 aromatic rings. The van der Waals surface area contributed by atoms with Crippen LogP contribution in [-0.2, 0) is 18.9 Å². The lowest BCUT2D eigenvalue weighted by Crippen LogP contribution is -2.51. The Hall–Kier alpha value is -0.720. The van der Waals surface area contributed by atoms with Crippen molar-refractivity contribution < 1.29 is 18.9 Å². The first-order valence-electron chi connectivity index (χ1n) is 28.6. The third kappa shape index (κ3) is 17.4. The van der Waals surface area contributed by atoms with Gasteiger partial charge in [-0.25, -0.2) is 0 Å². The normalized spacial score (nSPS) is 30.5.